The summed E-state index contributed by atoms with van der Waals surface area (Å²) in [6.07, 6.45) is 4.31. The van der Waals surface area contributed by atoms with Crippen LogP contribution in [0.2, 0.25) is 0 Å². The first-order chi connectivity index (χ1) is 9.33. The minimum atomic E-state index is -3.09. The number of sulfone groups is 1. The van der Waals surface area contributed by atoms with Gasteiger partial charge in [-0.3, -0.25) is 0 Å². The van der Waals surface area contributed by atoms with Gasteiger partial charge in [-0.15, -0.1) is 0 Å². The van der Waals surface area contributed by atoms with Gasteiger partial charge in [-0.1, -0.05) is 6.92 Å². The van der Waals surface area contributed by atoms with Crippen molar-refractivity contribution < 1.29 is 8.42 Å². The molecule has 0 aliphatic rings. The molecule has 1 aromatic rings. The van der Waals surface area contributed by atoms with Gasteiger partial charge in [0.1, 0.15) is 11.6 Å². The molecule has 114 valence electrons. The fourth-order valence-electron chi connectivity index (χ4n) is 2.16. The summed E-state index contributed by atoms with van der Waals surface area (Å²) in [5.41, 5.74) is 2.93. The average Bonchev–Trinajstić information content (AvgIpc) is 2.29. The van der Waals surface area contributed by atoms with Crippen molar-refractivity contribution in [3.63, 3.8) is 0 Å². The normalized spacial score (nSPS) is 11.8. The summed E-state index contributed by atoms with van der Waals surface area (Å²) in [4.78, 5) is 8.65. The van der Waals surface area contributed by atoms with E-state index in [1.807, 2.05) is 13.8 Å². The lowest BCUT2D eigenvalue weighted by Crippen LogP contribution is -2.17. The van der Waals surface area contributed by atoms with Gasteiger partial charge in [-0.25, -0.2) is 18.4 Å². The van der Waals surface area contributed by atoms with E-state index in [4.69, 9.17) is 0 Å². The SMILES string of the molecule is CCCNCCCc1c(C)nc(CS(C)(=O)=O)nc1C. The van der Waals surface area contributed by atoms with Gasteiger partial charge in [0.2, 0.25) is 0 Å². The van der Waals surface area contributed by atoms with E-state index in [0.29, 0.717) is 5.82 Å². The van der Waals surface area contributed by atoms with E-state index in [1.54, 1.807) is 0 Å². The van der Waals surface area contributed by atoms with Crippen LogP contribution in [0.4, 0.5) is 0 Å². The number of rotatable bonds is 8. The highest BCUT2D eigenvalue weighted by Gasteiger charge is 2.12. The van der Waals surface area contributed by atoms with Crippen LogP contribution in [0.5, 0.6) is 0 Å². The van der Waals surface area contributed by atoms with Crippen LogP contribution in [-0.4, -0.2) is 37.7 Å². The van der Waals surface area contributed by atoms with E-state index in [0.717, 1.165) is 49.3 Å². The van der Waals surface area contributed by atoms with Crippen molar-refractivity contribution in [1.29, 1.82) is 0 Å². The van der Waals surface area contributed by atoms with E-state index in [-0.39, 0.29) is 5.75 Å². The predicted molar refractivity (Wildman–Crippen MR) is 81.5 cm³/mol. The second-order valence-corrected chi connectivity index (χ2v) is 7.35. The molecule has 0 saturated carbocycles. The van der Waals surface area contributed by atoms with Gasteiger partial charge in [-0.2, -0.15) is 0 Å². The molecule has 0 radical (unpaired) electrons. The highest BCUT2D eigenvalue weighted by Crippen LogP contribution is 2.13. The van der Waals surface area contributed by atoms with Crippen LogP contribution in [0.15, 0.2) is 0 Å². The van der Waals surface area contributed by atoms with Gasteiger partial charge in [0.25, 0.3) is 0 Å². The molecule has 20 heavy (non-hydrogen) atoms. The summed E-state index contributed by atoms with van der Waals surface area (Å²) < 4.78 is 22.6. The van der Waals surface area contributed by atoms with Crippen molar-refractivity contribution in [2.75, 3.05) is 19.3 Å². The number of nitrogens with zero attached hydrogens (tertiary/aromatic N) is 2. The van der Waals surface area contributed by atoms with E-state index < -0.39 is 9.84 Å². The van der Waals surface area contributed by atoms with Gasteiger partial charge in [-0.05, 0) is 51.8 Å². The Labute approximate surface area is 122 Å². The standard InChI is InChI=1S/C14H25N3O2S/c1-5-8-15-9-6-7-13-11(2)16-14(17-12(13)3)10-20(4,18)19/h15H,5-10H2,1-4H3. The van der Waals surface area contributed by atoms with Gasteiger partial charge < -0.3 is 5.32 Å². The molecule has 1 N–H and O–H groups in total. The molecule has 0 aromatic carbocycles. The number of hydrogen-bond donors (Lipinski definition) is 1. The smallest absolute Gasteiger partial charge is 0.154 e. The lowest BCUT2D eigenvalue weighted by molar-refractivity contribution is 0.599. The van der Waals surface area contributed by atoms with Gasteiger partial charge in [0, 0.05) is 17.6 Å². The monoisotopic (exact) mass is 299 g/mol. The Kier molecular flexibility index (Phi) is 6.55. The van der Waals surface area contributed by atoms with Gasteiger partial charge in [0.15, 0.2) is 9.84 Å². The van der Waals surface area contributed by atoms with Crippen molar-refractivity contribution in [1.82, 2.24) is 15.3 Å². The Balaban J connectivity index is 2.69. The maximum atomic E-state index is 11.3. The molecule has 0 aliphatic heterocycles. The zero-order chi connectivity index (χ0) is 15.2. The average molecular weight is 299 g/mol. The van der Waals surface area contributed by atoms with Crippen LogP contribution in [0.3, 0.4) is 0 Å². The maximum Gasteiger partial charge on any atom is 0.154 e. The first-order valence-corrected chi connectivity index (χ1v) is 9.11. The fraction of sp³-hybridized carbons (Fsp3) is 0.714. The van der Waals surface area contributed by atoms with E-state index in [1.165, 1.54) is 6.26 Å². The Morgan fingerprint density at radius 3 is 2.20 bits per heavy atom. The molecule has 1 aromatic heterocycles. The zero-order valence-electron chi connectivity index (χ0n) is 12.9. The van der Waals surface area contributed by atoms with Crippen molar-refractivity contribution >= 4 is 9.84 Å². The highest BCUT2D eigenvalue weighted by molar-refractivity contribution is 7.89. The summed E-state index contributed by atoms with van der Waals surface area (Å²) >= 11 is 0. The molecule has 1 heterocycles. The molecule has 6 heteroatoms. The Bertz CT molecular complexity index is 518. The van der Waals surface area contributed by atoms with Crippen molar-refractivity contribution in [3.05, 3.63) is 22.8 Å². The molecule has 0 atom stereocenters. The topological polar surface area (TPSA) is 72.0 Å². The highest BCUT2D eigenvalue weighted by atomic mass is 32.2. The third-order valence-electron chi connectivity index (χ3n) is 3.07. The Morgan fingerprint density at radius 1 is 1.10 bits per heavy atom. The van der Waals surface area contributed by atoms with Crippen LogP contribution in [0.25, 0.3) is 0 Å². The van der Waals surface area contributed by atoms with Gasteiger partial charge >= 0.3 is 0 Å². The molecular weight excluding hydrogens is 274 g/mol. The van der Waals surface area contributed by atoms with E-state index in [2.05, 4.69) is 22.2 Å². The number of aryl methyl sites for hydroxylation is 2. The quantitative estimate of drug-likeness (QED) is 0.738. The number of nitrogens with one attached hydrogen (secondary N) is 1. The predicted octanol–water partition coefficient (Wildman–Crippen LogP) is 1.57. The Morgan fingerprint density at radius 2 is 1.70 bits per heavy atom. The molecule has 0 fully saturated rings. The summed E-state index contributed by atoms with van der Waals surface area (Å²) in [6, 6.07) is 0. The summed E-state index contributed by atoms with van der Waals surface area (Å²) in [5, 5.41) is 3.37. The second-order valence-electron chi connectivity index (χ2n) is 5.21. The molecule has 0 saturated heterocycles. The number of hydrogen-bond acceptors (Lipinski definition) is 5. The van der Waals surface area contributed by atoms with Crippen molar-refractivity contribution in [3.8, 4) is 0 Å². The fourth-order valence-corrected chi connectivity index (χ4v) is 2.76. The minimum Gasteiger partial charge on any atom is -0.317 e. The maximum absolute atomic E-state index is 11.3. The van der Waals surface area contributed by atoms with Crippen LogP contribution < -0.4 is 5.32 Å². The molecule has 0 aliphatic carbocycles. The van der Waals surface area contributed by atoms with Crippen molar-refractivity contribution in [2.24, 2.45) is 0 Å². The molecule has 5 nitrogen and oxygen atoms in total. The van der Waals surface area contributed by atoms with Crippen LogP contribution in [0.1, 0.15) is 42.5 Å². The van der Waals surface area contributed by atoms with Crippen LogP contribution in [-0.2, 0) is 22.0 Å². The summed E-state index contributed by atoms with van der Waals surface area (Å²) in [7, 11) is -3.09. The lowest BCUT2D eigenvalue weighted by atomic mass is 10.1. The van der Waals surface area contributed by atoms with E-state index in [9.17, 15) is 8.42 Å². The molecule has 0 amide bonds. The molecule has 0 unspecified atom stereocenters. The number of aromatic nitrogens is 2. The summed E-state index contributed by atoms with van der Waals surface area (Å²) in [5.74, 6) is 0.308. The van der Waals surface area contributed by atoms with Crippen LogP contribution >= 0.6 is 0 Å². The van der Waals surface area contributed by atoms with Crippen LogP contribution in [0, 0.1) is 13.8 Å². The van der Waals surface area contributed by atoms with Crippen molar-refractivity contribution in [2.45, 2.75) is 45.8 Å². The first kappa shape index (κ1) is 17.0. The third kappa shape index (κ3) is 5.96. The lowest BCUT2D eigenvalue weighted by Gasteiger charge is -2.11. The largest absolute Gasteiger partial charge is 0.317 e. The van der Waals surface area contributed by atoms with E-state index >= 15 is 0 Å². The Hall–Kier alpha value is -1.01. The minimum absolute atomic E-state index is 0.0903. The van der Waals surface area contributed by atoms with Gasteiger partial charge in [0.05, 0.1) is 0 Å². The second kappa shape index (κ2) is 7.69. The molecule has 1 rings (SSSR count). The zero-order valence-corrected chi connectivity index (χ0v) is 13.7. The summed E-state index contributed by atoms with van der Waals surface area (Å²) in [6.45, 7) is 8.03. The third-order valence-corrected chi connectivity index (χ3v) is 3.85. The molecule has 0 spiro atoms. The first-order valence-electron chi connectivity index (χ1n) is 7.05. The molecule has 0 bridgehead atoms. The molecular formula is C14H25N3O2S.